The molecule has 1 amide bonds. The number of para-hydroxylation sites is 1. The molecule has 0 radical (unpaired) electrons. The Labute approximate surface area is 123 Å². The molecule has 1 aromatic carbocycles. The van der Waals surface area contributed by atoms with Crippen molar-refractivity contribution in [1.29, 1.82) is 0 Å². The molecule has 0 saturated carbocycles. The van der Waals surface area contributed by atoms with Crippen molar-refractivity contribution >= 4 is 22.9 Å². The molecule has 0 aliphatic carbocycles. The lowest BCUT2D eigenvalue weighted by Crippen LogP contribution is -2.32. The highest BCUT2D eigenvalue weighted by Gasteiger charge is 2.28. The molecule has 3 nitrogen and oxygen atoms in total. The number of hydrogen-bond acceptors (Lipinski definition) is 3. The molecule has 1 aromatic heterocycles. The molecule has 1 atom stereocenters. The average Bonchev–Trinajstić information content (AvgIpc) is 3.10. The van der Waals surface area contributed by atoms with Gasteiger partial charge in [0, 0.05) is 16.6 Å². The van der Waals surface area contributed by atoms with Crippen molar-refractivity contribution in [3.05, 3.63) is 52.7 Å². The largest absolute Gasteiger partial charge is 0.325 e. The third kappa shape index (κ3) is 3.08. The van der Waals surface area contributed by atoms with Crippen molar-refractivity contribution in [2.75, 3.05) is 18.4 Å². The first kappa shape index (κ1) is 13.3. The molecule has 2 aromatic rings. The van der Waals surface area contributed by atoms with Crippen LogP contribution in [0.15, 0.2) is 47.8 Å². The Morgan fingerprint density at radius 3 is 2.85 bits per heavy atom. The normalized spacial score (nSPS) is 19.1. The van der Waals surface area contributed by atoms with E-state index in [2.05, 4.69) is 27.7 Å². The number of amides is 1. The van der Waals surface area contributed by atoms with E-state index >= 15 is 0 Å². The van der Waals surface area contributed by atoms with Gasteiger partial charge < -0.3 is 5.32 Å². The zero-order chi connectivity index (χ0) is 13.8. The highest BCUT2D eigenvalue weighted by molar-refractivity contribution is 7.10. The lowest BCUT2D eigenvalue weighted by molar-refractivity contribution is -0.117. The van der Waals surface area contributed by atoms with Crippen molar-refractivity contribution in [3.63, 3.8) is 0 Å². The zero-order valence-electron chi connectivity index (χ0n) is 11.3. The summed E-state index contributed by atoms with van der Waals surface area (Å²) >= 11 is 1.78. The molecule has 0 spiro atoms. The Morgan fingerprint density at radius 1 is 1.25 bits per heavy atom. The van der Waals surface area contributed by atoms with Crippen LogP contribution in [0.3, 0.4) is 0 Å². The molecule has 1 fully saturated rings. The quantitative estimate of drug-likeness (QED) is 0.932. The summed E-state index contributed by atoms with van der Waals surface area (Å²) in [6.07, 6.45) is 2.32. The van der Waals surface area contributed by atoms with Crippen LogP contribution >= 0.6 is 11.3 Å². The second-order valence-corrected chi connectivity index (χ2v) is 6.04. The second kappa shape index (κ2) is 6.20. The Morgan fingerprint density at radius 2 is 2.10 bits per heavy atom. The van der Waals surface area contributed by atoms with Crippen LogP contribution in [0.5, 0.6) is 0 Å². The first-order chi connectivity index (χ1) is 9.83. The Balaban J connectivity index is 1.61. The standard InChI is InChI=1S/C16H18N2OS/c19-16(17-13-6-2-1-3-7-13)12-18-10-4-8-14(18)15-9-5-11-20-15/h1-3,5-7,9,11,14H,4,8,10,12H2,(H,17,19)/t14-/m1/s1. The fourth-order valence-corrected chi connectivity index (χ4v) is 3.62. The van der Waals surface area contributed by atoms with Gasteiger partial charge in [-0.2, -0.15) is 0 Å². The van der Waals surface area contributed by atoms with Crippen LogP contribution < -0.4 is 5.32 Å². The van der Waals surface area contributed by atoms with Gasteiger partial charge in [-0.3, -0.25) is 9.69 Å². The van der Waals surface area contributed by atoms with Gasteiger partial charge >= 0.3 is 0 Å². The molecule has 104 valence electrons. The highest BCUT2D eigenvalue weighted by Crippen LogP contribution is 2.34. The van der Waals surface area contributed by atoms with Crippen LogP contribution in [-0.4, -0.2) is 23.9 Å². The van der Waals surface area contributed by atoms with E-state index in [0.29, 0.717) is 12.6 Å². The molecule has 2 heterocycles. The molecular weight excluding hydrogens is 268 g/mol. The van der Waals surface area contributed by atoms with E-state index in [9.17, 15) is 4.79 Å². The summed E-state index contributed by atoms with van der Waals surface area (Å²) in [5.74, 6) is 0.0691. The van der Waals surface area contributed by atoms with Gasteiger partial charge in [-0.1, -0.05) is 24.3 Å². The molecule has 0 unspecified atom stereocenters. The number of nitrogens with zero attached hydrogens (tertiary/aromatic N) is 1. The number of carbonyl (C=O) groups excluding carboxylic acids is 1. The minimum atomic E-state index is 0.0691. The van der Waals surface area contributed by atoms with Crippen molar-refractivity contribution in [2.45, 2.75) is 18.9 Å². The molecule has 1 saturated heterocycles. The minimum absolute atomic E-state index is 0.0691. The molecule has 1 aliphatic rings. The van der Waals surface area contributed by atoms with Crippen molar-refractivity contribution in [2.24, 2.45) is 0 Å². The van der Waals surface area contributed by atoms with Gasteiger partial charge in [0.05, 0.1) is 6.54 Å². The topological polar surface area (TPSA) is 32.3 Å². The molecule has 0 bridgehead atoms. The molecule has 1 N–H and O–H groups in total. The fourth-order valence-electron chi connectivity index (χ4n) is 2.72. The Bertz CT molecular complexity index is 553. The number of hydrogen-bond donors (Lipinski definition) is 1. The lowest BCUT2D eigenvalue weighted by atomic mass is 10.2. The summed E-state index contributed by atoms with van der Waals surface area (Å²) < 4.78 is 0. The Hall–Kier alpha value is -1.65. The van der Waals surface area contributed by atoms with Gasteiger partial charge in [0.1, 0.15) is 0 Å². The molecule has 4 heteroatoms. The molecular formula is C16H18N2OS. The molecule has 1 aliphatic heterocycles. The van der Waals surface area contributed by atoms with Crippen LogP contribution in [0.1, 0.15) is 23.8 Å². The number of anilines is 1. The van der Waals surface area contributed by atoms with E-state index < -0.39 is 0 Å². The SMILES string of the molecule is O=C(CN1CCC[C@@H]1c1cccs1)Nc1ccccc1. The Kier molecular flexibility index (Phi) is 4.14. The summed E-state index contributed by atoms with van der Waals surface area (Å²) in [5.41, 5.74) is 0.865. The van der Waals surface area contributed by atoms with Crippen LogP contribution in [0.4, 0.5) is 5.69 Å². The minimum Gasteiger partial charge on any atom is -0.325 e. The molecule has 20 heavy (non-hydrogen) atoms. The summed E-state index contributed by atoms with van der Waals surface area (Å²) in [4.78, 5) is 15.8. The van der Waals surface area contributed by atoms with Gasteiger partial charge in [-0.15, -0.1) is 11.3 Å². The number of carbonyl (C=O) groups is 1. The number of thiophene rings is 1. The maximum Gasteiger partial charge on any atom is 0.238 e. The van der Waals surface area contributed by atoms with Crippen LogP contribution in [-0.2, 0) is 4.79 Å². The summed E-state index contributed by atoms with van der Waals surface area (Å²) in [7, 11) is 0. The van der Waals surface area contributed by atoms with Gasteiger partial charge in [0.25, 0.3) is 0 Å². The molecule has 3 rings (SSSR count). The maximum absolute atomic E-state index is 12.1. The van der Waals surface area contributed by atoms with Gasteiger partial charge in [-0.05, 0) is 43.0 Å². The third-order valence-corrected chi connectivity index (χ3v) is 4.61. The first-order valence-corrected chi connectivity index (χ1v) is 7.83. The van der Waals surface area contributed by atoms with E-state index in [4.69, 9.17) is 0 Å². The summed E-state index contributed by atoms with van der Waals surface area (Å²) in [6, 6.07) is 14.3. The number of benzene rings is 1. The maximum atomic E-state index is 12.1. The smallest absolute Gasteiger partial charge is 0.238 e. The number of nitrogens with one attached hydrogen (secondary N) is 1. The zero-order valence-corrected chi connectivity index (χ0v) is 12.1. The van der Waals surface area contributed by atoms with E-state index in [0.717, 1.165) is 18.7 Å². The van der Waals surface area contributed by atoms with Gasteiger partial charge in [0.15, 0.2) is 0 Å². The van der Waals surface area contributed by atoms with E-state index in [1.54, 1.807) is 11.3 Å². The highest BCUT2D eigenvalue weighted by atomic mass is 32.1. The van der Waals surface area contributed by atoms with E-state index in [-0.39, 0.29) is 5.91 Å². The van der Waals surface area contributed by atoms with Crippen molar-refractivity contribution < 1.29 is 4.79 Å². The predicted octanol–water partition coefficient (Wildman–Crippen LogP) is 3.52. The van der Waals surface area contributed by atoms with Crippen molar-refractivity contribution in [3.8, 4) is 0 Å². The summed E-state index contributed by atoms with van der Waals surface area (Å²) in [6.45, 7) is 1.47. The van der Waals surface area contributed by atoms with Crippen molar-refractivity contribution in [1.82, 2.24) is 4.90 Å². The first-order valence-electron chi connectivity index (χ1n) is 6.95. The summed E-state index contributed by atoms with van der Waals surface area (Å²) in [5, 5.41) is 5.06. The second-order valence-electron chi connectivity index (χ2n) is 5.06. The monoisotopic (exact) mass is 286 g/mol. The van der Waals surface area contributed by atoms with Crippen LogP contribution in [0, 0.1) is 0 Å². The fraction of sp³-hybridized carbons (Fsp3) is 0.312. The average molecular weight is 286 g/mol. The number of rotatable bonds is 4. The lowest BCUT2D eigenvalue weighted by Gasteiger charge is -2.22. The van der Waals surface area contributed by atoms with Crippen LogP contribution in [0.25, 0.3) is 0 Å². The van der Waals surface area contributed by atoms with E-state index in [1.807, 2.05) is 30.3 Å². The van der Waals surface area contributed by atoms with Gasteiger partial charge in [0.2, 0.25) is 5.91 Å². The third-order valence-electron chi connectivity index (χ3n) is 3.64. The van der Waals surface area contributed by atoms with E-state index in [1.165, 1.54) is 11.3 Å². The predicted molar refractivity (Wildman–Crippen MR) is 82.9 cm³/mol. The van der Waals surface area contributed by atoms with Gasteiger partial charge in [-0.25, -0.2) is 0 Å². The number of likely N-dealkylation sites (tertiary alicyclic amines) is 1. The van der Waals surface area contributed by atoms with Crippen LogP contribution in [0.2, 0.25) is 0 Å².